The number of benzene rings is 2. The van der Waals surface area contributed by atoms with Gasteiger partial charge in [-0.1, -0.05) is 41.4 Å². The Labute approximate surface area is 127 Å². The molecule has 5 heteroatoms. The standard InChI is InChI=1S/C15H14Cl2FNO/c1-9(19)12-6-5-11(18)7-14(12)20-8-10-3-2-4-13(16)15(10)17/h2-7,9H,8,19H2,1H3/t9-/m1/s1. The van der Waals surface area contributed by atoms with Crippen LogP contribution in [0.1, 0.15) is 24.1 Å². The molecule has 0 saturated carbocycles. The van der Waals surface area contributed by atoms with E-state index in [0.717, 1.165) is 11.1 Å². The van der Waals surface area contributed by atoms with E-state index < -0.39 is 0 Å². The minimum Gasteiger partial charge on any atom is -0.488 e. The van der Waals surface area contributed by atoms with Crippen molar-refractivity contribution >= 4 is 23.2 Å². The highest BCUT2D eigenvalue weighted by Crippen LogP contribution is 2.29. The van der Waals surface area contributed by atoms with Crippen molar-refractivity contribution < 1.29 is 9.13 Å². The van der Waals surface area contributed by atoms with Gasteiger partial charge in [-0.25, -0.2) is 4.39 Å². The lowest BCUT2D eigenvalue weighted by atomic mass is 10.1. The first-order chi connectivity index (χ1) is 9.49. The molecule has 2 aromatic carbocycles. The second kappa shape index (κ2) is 6.44. The van der Waals surface area contributed by atoms with Crippen molar-refractivity contribution in [3.63, 3.8) is 0 Å². The number of hydrogen-bond acceptors (Lipinski definition) is 2. The first-order valence-corrected chi connectivity index (χ1v) is 6.85. The molecule has 1 atom stereocenters. The van der Waals surface area contributed by atoms with Gasteiger partial charge in [-0.15, -0.1) is 0 Å². The van der Waals surface area contributed by atoms with Crippen LogP contribution in [0.4, 0.5) is 4.39 Å². The zero-order valence-electron chi connectivity index (χ0n) is 10.9. The van der Waals surface area contributed by atoms with Gasteiger partial charge < -0.3 is 10.5 Å². The third-order valence-electron chi connectivity index (χ3n) is 2.88. The van der Waals surface area contributed by atoms with E-state index in [4.69, 9.17) is 33.7 Å². The number of halogens is 3. The van der Waals surface area contributed by atoms with Gasteiger partial charge >= 0.3 is 0 Å². The van der Waals surface area contributed by atoms with Crippen molar-refractivity contribution in [2.24, 2.45) is 5.73 Å². The van der Waals surface area contributed by atoms with Gasteiger partial charge in [-0.2, -0.15) is 0 Å². The van der Waals surface area contributed by atoms with Crippen LogP contribution >= 0.6 is 23.2 Å². The van der Waals surface area contributed by atoms with Crippen LogP contribution in [-0.2, 0) is 6.61 Å². The van der Waals surface area contributed by atoms with Crippen molar-refractivity contribution in [3.8, 4) is 5.75 Å². The average Bonchev–Trinajstić information content (AvgIpc) is 2.40. The molecule has 0 aliphatic rings. The molecule has 2 nitrogen and oxygen atoms in total. The summed E-state index contributed by atoms with van der Waals surface area (Å²) in [6.45, 7) is 2.01. The van der Waals surface area contributed by atoms with Gasteiger partial charge in [0.2, 0.25) is 0 Å². The van der Waals surface area contributed by atoms with Crippen molar-refractivity contribution in [2.75, 3.05) is 0 Å². The Morgan fingerprint density at radius 2 is 2.00 bits per heavy atom. The molecule has 0 aliphatic carbocycles. The zero-order valence-corrected chi connectivity index (χ0v) is 12.4. The summed E-state index contributed by atoms with van der Waals surface area (Å²) in [7, 11) is 0. The van der Waals surface area contributed by atoms with Gasteiger partial charge in [-0.3, -0.25) is 0 Å². The molecule has 20 heavy (non-hydrogen) atoms. The summed E-state index contributed by atoms with van der Waals surface area (Å²) in [5, 5.41) is 0.896. The molecule has 2 aromatic rings. The molecule has 0 bridgehead atoms. The Morgan fingerprint density at radius 1 is 1.25 bits per heavy atom. The van der Waals surface area contributed by atoms with Crippen LogP contribution in [0.25, 0.3) is 0 Å². The predicted octanol–water partition coefficient (Wildman–Crippen LogP) is 4.73. The lowest BCUT2D eigenvalue weighted by molar-refractivity contribution is 0.300. The van der Waals surface area contributed by atoms with E-state index in [1.807, 2.05) is 6.92 Å². The molecule has 0 radical (unpaired) electrons. The fraction of sp³-hybridized carbons (Fsp3) is 0.200. The molecule has 0 saturated heterocycles. The quantitative estimate of drug-likeness (QED) is 0.885. The molecule has 2 N–H and O–H groups in total. The van der Waals surface area contributed by atoms with Crippen LogP contribution in [-0.4, -0.2) is 0 Å². The molecule has 0 amide bonds. The second-order valence-electron chi connectivity index (χ2n) is 4.47. The molecule has 0 aliphatic heterocycles. The average molecular weight is 314 g/mol. The smallest absolute Gasteiger partial charge is 0.127 e. The maximum absolute atomic E-state index is 13.3. The molecule has 0 aromatic heterocycles. The van der Waals surface area contributed by atoms with Gasteiger partial charge in [0.05, 0.1) is 10.0 Å². The van der Waals surface area contributed by atoms with Gasteiger partial charge in [-0.05, 0) is 19.1 Å². The normalized spacial score (nSPS) is 12.2. The predicted molar refractivity (Wildman–Crippen MR) is 79.8 cm³/mol. The summed E-state index contributed by atoms with van der Waals surface area (Å²) in [5.74, 6) is 0.0395. The van der Waals surface area contributed by atoms with E-state index in [0.29, 0.717) is 15.8 Å². The molecular formula is C15H14Cl2FNO. The summed E-state index contributed by atoms with van der Waals surface area (Å²) in [6, 6.07) is 9.33. The minimum atomic E-state index is -0.374. The topological polar surface area (TPSA) is 35.2 Å². The molecule has 0 spiro atoms. The highest BCUT2D eigenvalue weighted by atomic mass is 35.5. The molecule has 106 valence electrons. The number of ether oxygens (including phenoxy) is 1. The van der Waals surface area contributed by atoms with Gasteiger partial charge in [0.25, 0.3) is 0 Å². The van der Waals surface area contributed by atoms with Gasteiger partial charge in [0.15, 0.2) is 0 Å². The largest absolute Gasteiger partial charge is 0.488 e. The Bertz CT molecular complexity index is 617. The fourth-order valence-electron chi connectivity index (χ4n) is 1.82. The first kappa shape index (κ1) is 15.1. The SMILES string of the molecule is C[C@@H](N)c1ccc(F)cc1OCc1cccc(Cl)c1Cl. The summed E-state index contributed by atoms with van der Waals surface area (Å²) < 4.78 is 18.9. The summed E-state index contributed by atoms with van der Waals surface area (Å²) in [6.07, 6.45) is 0. The van der Waals surface area contributed by atoms with Crippen molar-refractivity contribution in [3.05, 3.63) is 63.4 Å². The van der Waals surface area contributed by atoms with Crippen molar-refractivity contribution in [2.45, 2.75) is 19.6 Å². The van der Waals surface area contributed by atoms with Crippen molar-refractivity contribution in [1.82, 2.24) is 0 Å². The molecule has 0 heterocycles. The van der Waals surface area contributed by atoms with E-state index >= 15 is 0 Å². The summed E-state index contributed by atoms with van der Waals surface area (Å²) in [5.41, 5.74) is 7.31. The van der Waals surface area contributed by atoms with E-state index in [1.165, 1.54) is 12.1 Å². The lowest BCUT2D eigenvalue weighted by Crippen LogP contribution is -2.08. The zero-order chi connectivity index (χ0) is 14.7. The third kappa shape index (κ3) is 3.42. The molecule has 0 unspecified atom stereocenters. The summed E-state index contributed by atoms with van der Waals surface area (Å²) in [4.78, 5) is 0. The van der Waals surface area contributed by atoms with Crippen LogP contribution < -0.4 is 10.5 Å². The summed E-state index contributed by atoms with van der Waals surface area (Å²) >= 11 is 12.0. The van der Waals surface area contributed by atoms with E-state index in [1.54, 1.807) is 24.3 Å². The maximum Gasteiger partial charge on any atom is 0.127 e. The Kier molecular flexibility index (Phi) is 4.86. The van der Waals surface area contributed by atoms with Gasteiger partial charge in [0, 0.05) is 23.2 Å². The van der Waals surface area contributed by atoms with Gasteiger partial charge in [0.1, 0.15) is 18.2 Å². The Balaban J connectivity index is 2.22. The highest BCUT2D eigenvalue weighted by Gasteiger charge is 2.11. The molecule has 0 fully saturated rings. The van der Waals surface area contributed by atoms with Crippen LogP contribution in [0.15, 0.2) is 36.4 Å². The fourth-order valence-corrected chi connectivity index (χ4v) is 2.20. The molecule has 2 rings (SSSR count). The van der Waals surface area contributed by atoms with E-state index in [9.17, 15) is 4.39 Å². The minimum absolute atomic E-state index is 0.197. The third-order valence-corrected chi connectivity index (χ3v) is 3.74. The number of rotatable bonds is 4. The Hall–Kier alpha value is -1.29. The first-order valence-electron chi connectivity index (χ1n) is 6.09. The monoisotopic (exact) mass is 313 g/mol. The number of nitrogens with two attached hydrogens (primary N) is 1. The van der Waals surface area contributed by atoms with Crippen molar-refractivity contribution in [1.29, 1.82) is 0 Å². The van der Waals surface area contributed by atoms with Crippen LogP contribution in [0.5, 0.6) is 5.75 Å². The van der Waals surface area contributed by atoms with E-state index in [2.05, 4.69) is 0 Å². The Morgan fingerprint density at radius 3 is 2.70 bits per heavy atom. The van der Waals surface area contributed by atoms with Crippen LogP contribution in [0, 0.1) is 5.82 Å². The maximum atomic E-state index is 13.3. The number of hydrogen-bond donors (Lipinski definition) is 1. The van der Waals surface area contributed by atoms with E-state index in [-0.39, 0.29) is 18.5 Å². The van der Waals surface area contributed by atoms with Crippen LogP contribution in [0.3, 0.4) is 0 Å². The van der Waals surface area contributed by atoms with Crippen LogP contribution in [0.2, 0.25) is 10.0 Å². The highest BCUT2D eigenvalue weighted by molar-refractivity contribution is 6.42. The second-order valence-corrected chi connectivity index (χ2v) is 5.26. The lowest BCUT2D eigenvalue weighted by Gasteiger charge is -2.15. The molecular weight excluding hydrogens is 300 g/mol.